The van der Waals surface area contributed by atoms with Gasteiger partial charge in [0.25, 0.3) is 0 Å². The van der Waals surface area contributed by atoms with Gasteiger partial charge in [-0.15, -0.1) is 0 Å². The number of nitrogens with one attached hydrogen (secondary N) is 1. The molecule has 0 amide bonds. The molecule has 1 fully saturated rings. The fourth-order valence-electron chi connectivity index (χ4n) is 2.22. The van der Waals surface area contributed by atoms with E-state index in [1.807, 2.05) is 12.1 Å². The van der Waals surface area contributed by atoms with Gasteiger partial charge >= 0.3 is 0 Å². The van der Waals surface area contributed by atoms with Gasteiger partial charge in [-0.1, -0.05) is 30.7 Å². The third-order valence-corrected chi connectivity index (χ3v) is 4.70. The van der Waals surface area contributed by atoms with Crippen LogP contribution in [-0.2, 0) is 0 Å². The summed E-state index contributed by atoms with van der Waals surface area (Å²) in [6.45, 7) is 3.19. The second-order valence-corrected chi connectivity index (χ2v) is 5.92. The van der Waals surface area contributed by atoms with Crippen molar-refractivity contribution in [3.8, 4) is 0 Å². The topological polar surface area (TPSA) is 12.0 Å². The highest BCUT2D eigenvalue weighted by Crippen LogP contribution is 2.36. The van der Waals surface area contributed by atoms with E-state index >= 15 is 0 Å². The van der Waals surface area contributed by atoms with E-state index in [-0.39, 0.29) is 0 Å². The minimum atomic E-state index is 0.481. The van der Waals surface area contributed by atoms with Gasteiger partial charge in [0.15, 0.2) is 0 Å². The Morgan fingerprint density at radius 1 is 1.44 bits per heavy atom. The standard InChI is InChI=1S/C13H18ClNS/c1-2-15-13(12-4-3-9-16-12)10-5-7-11(14)8-6-10/h5-8,12-13,15H,2-4,9H2,1H3. The number of hydrogen-bond donors (Lipinski definition) is 1. The van der Waals surface area contributed by atoms with E-state index in [0.29, 0.717) is 6.04 Å². The van der Waals surface area contributed by atoms with E-state index in [0.717, 1.165) is 16.8 Å². The molecule has 0 bridgehead atoms. The second kappa shape index (κ2) is 5.95. The molecular formula is C13H18ClNS. The SMILES string of the molecule is CCNC(c1ccc(Cl)cc1)C1CCCS1. The maximum absolute atomic E-state index is 5.93. The Balaban J connectivity index is 2.14. The summed E-state index contributed by atoms with van der Waals surface area (Å²) < 4.78 is 0. The highest BCUT2D eigenvalue weighted by atomic mass is 35.5. The van der Waals surface area contributed by atoms with E-state index in [4.69, 9.17) is 11.6 Å². The Bertz CT molecular complexity index is 319. The molecule has 16 heavy (non-hydrogen) atoms. The van der Waals surface area contributed by atoms with Crippen LogP contribution < -0.4 is 5.32 Å². The largest absolute Gasteiger partial charge is 0.309 e. The van der Waals surface area contributed by atoms with Gasteiger partial charge in [0.1, 0.15) is 0 Å². The molecule has 1 saturated heterocycles. The first kappa shape index (κ1) is 12.3. The minimum Gasteiger partial charge on any atom is -0.309 e. The number of hydrogen-bond acceptors (Lipinski definition) is 2. The maximum atomic E-state index is 5.93. The van der Waals surface area contributed by atoms with Crippen LogP contribution in [0.1, 0.15) is 31.4 Å². The van der Waals surface area contributed by atoms with Gasteiger partial charge in [0, 0.05) is 16.3 Å². The van der Waals surface area contributed by atoms with Crippen LogP contribution in [0.2, 0.25) is 5.02 Å². The van der Waals surface area contributed by atoms with Crippen molar-refractivity contribution in [2.45, 2.75) is 31.1 Å². The summed E-state index contributed by atoms with van der Waals surface area (Å²) in [6.07, 6.45) is 2.68. The highest BCUT2D eigenvalue weighted by molar-refractivity contribution is 8.00. The van der Waals surface area contributed by atoms with E-state index in [1.165, 1.54) is 24.2 Å². The molecule has 2 atom stereocenters. The third kappa shape index (κ3) is 2.93. The molecule has 1 aliphatic heterocycles. The maximum Gasteiger partial charge on any atom is 0.0440 e. The number of halogens is 1. The molecule has 1 aromatic carbocycles. The van der Waals surface area contributed by atoms with Gasteiger partial charge in [-0.3, -0.25) is 0 Å². The van der Waals surface area contributed by atoms with Gasteiger partial charge in [-0.2, -0.15) is 11.8 Å². The minimum absolute atomic E-state index is 0.481. The van der Waals surface area contributed by atoms with Crippen molar-refractivity contribution >= 4 is 23.4 Å². The Kier molecular flexibility index (Phi) is 4.56. The molecule has 0 radical (unpaired) electrons. The average Bonchev–Trinajstić information content (AvgIpc) is 2.81. The summed E-state index contributed by atoms with van der Waals surface area (Å²) in [4.78, 5) is 0. The summed E-state index contributed by atoms with van der Waals surface area (Å²) in [5.41, 5.74) is 1.37. The van der Waals surface area contributed by atoms with Crippen LogP contribution >= 0.6 is 23.4 Å². The summed E-state index contributed by atoms with van der Waals surface area (Å²) in [5, 5.41) is 5.14. The summed E-state index contributed by atoms with van der Waals surface area (Å²) in [5.74, 6) is 1.31. The molecule has 1 heterocycles. The average molecular weight is 256 g/mol. The molecule has 2 rings (SSSR count). The Morgan fingerprint density at radius 3 is 2.75 bits per heavy atom. The van der Waals surface area contributed by atoms with E-state index in [2.05, 4.69) is 36.1 Å². The van der Waals surface area contributed by atoms with Crippen LogP contribution in [0.4, 0.5) is 0 Å². The molecule has 0 aromatic heterocycles. The molecule has 1 aliphatic rings. The van der Waals surface area contributed by atoms with Gasteiger partial charge in [0.2, 0.25) is 0 Å². The lowest BCUT2D eigenvalue weighted by Gasteiger charge is -2.24. The summed E-state index contributed by atoms with van der Waals surface area (Å²) in [6, 6.07) is 8.75. The molecule has 0 aliphatic carbocycles. The zero-order chi connectivity index (χ0) is 11.4. The molecule has 3 heteroatoms. The molecule has 0 spiro atoms. The zero-order valence-electron chi connectivity index (χ0n) is 9.58. The number of benzene rings is 1. The van der Waals surface area contributed by atoms with E-state index < -0.39 is 0 Å². The van der Waals surface area contributed by atoms with Crippen LogP contribution in [0.25, 0.3) is 0 Å². The first-order valence-corrected chi connectivity index (χ1v) is 7.34. The smallest absolute Gasteiger partial charge is 0.0440 e. The lowest BCUT2D eigenvalue weighted by atomic mass is 10.0. The van der Waals surface area contributed by atoms with Gasteiger partial charge in [-0.05, 0) is 42.8 Å². The van der Waals surface area contributed by atoms with Crippen molar-refractivity contribution in [1.82, 2.24) is 5.32 Å². The van der Waals surface area contributed by atoms with Crippen LogP contribution in [-0.4, -0.2) is 17.5 Å². The Hall–Kier alpha value is -0.180. The van der Waals surface area contributed by atoms with Crippen LogP contribution in [0.5, 0.6) is 0 Å². The van der Waals surface area contributed by atoms with Gasteiger partial charge in [0.05, 0.1) is 0 Å². The Morgan fingerprint density at radius 2 is 2.19 bits per heavy atom. The van der Waals surface area contributed by atoms with Crippen molar-refractivity contribution in [2.24, 2.45) is 0 Å². The molecule has 2 unspecified atom stereocenters. The van der Waals surface area contributed by atoms with E-state index in [1.54, 1.807) is 0 Å². The van der Waals surface area contributed by atoms with Crippen LogP contribution in [0, 0.1) is 0 Å². The van der Waals surface area contributed by atoms with Crippen molar-refractivity contribution < 1.29 is 0 Å². The van der Waals surface area contributed by atoms with Crippen LogP contribution in [0.15, 0.2) is 24.3 Å². The summed E-state index contributed by atoms with van der Waals surface area (Å²) in [7, 11) is 0. The van der Waals surface area contributed by atoms with Crippen molar-refractivity contribution in [1.29, 1.82) is 0 Å². The normalized spacial score (nSPS) is 22.2. The Labute approximate surface area is 107 Å². The molecular weight excluding hydrogens is 238 g/mol. The first-order valence-electron chi connectivity index (χ1n) is 5.91. The lowest BCUT2D eigenvalue weighted by Crippen LogP contribution is -2.28. The fourth-order valence-corrected chi connectivity index (χ4v) is 3.76. The number of rotatable bonds is 4. The van der Waals surface area contributed by atoms with Crippen molar-refractivity contribution in [3.63, 3.8) is 0 Å². The quantitative estimate of drug-likeness (QED) is 0.876. The van der Waals surface area contributed by atoms with Gasteiger partial charge in [-0.25, -0.2) is 0 Å². The van der Waals surface area contributed by atoms with Crippen LogP contribution in [0.3, 0.4) is 0 Å². The highest BCUT2D eigenvalue weighted by Gasteiger charge is 2.25. The predicted molar refractivity (Wildman–Crippen MR) is 73.3 cm³/mol. The summed E-state index contributed by atoms with van der Waals surface area (Å²) >= 11 is 8.02. The third-order valence-electron chi connectivity index (χ3n) is 2.99. The molecule has 0 saturated carbocycles. The van der Waals surface area contributed by atoms with E-state index in [9.17, 15) is 0 Å². The predicted octanol–water partition coefficient (Wildman–Crippen LogP) is 3.89. The monoisotopic (exact) mass is 255 g/mol. The zero-order valence-corrected chi connectivity index (χ0v) is 11.2. The second-order valence-electron chi connectivity index (χ2n) is 4.14. The lowest BCUT2D eigenvalue weighted by molar-refractivity contribution is 0.519. The van der Waals surface area contributed by atoms with Gasteiger partial charge < -0.3 is 5.32 Å². The molecule has 1 N–H and O–H groups in total. The first-order chi connectivity index (χ1) is 7.81. The molecule has 88 valence electrons. The van der Waals surface area contributed by atoms with Crippen molar-refractivity contribution in [3.05, 3.63) is 34.9 Å². The number of thioether (sulfide) groups is 1. The molecule has 1 aromatic rings. The molecule has 1 nitrogen and oxygen atoms in total. The fraction of sp³-hybridized carbons (Fsp3) is 0.538. The van der Waals surface area contributed by atoms with Crippen molar-refractivity contribution in [2.75, 3.05) is 12.3 Å².